The Morgan fingerprint density at radius 2 is 1.00 bits per heavy atom. The zero-order chi connectivity index (χ0) is 37.5. The summed E-state index contributed by atoms with van der Waals surface area (Å²) in [7, 11) is -4.38. The second kappa shape index (κ2) is 37.7. The van der Waals surface area contributed by atoms with Crippen molar-refractivity contribution in [3.63, 3.8) is 0 Å². The van der Waals surface area contributed by atoms with E-state index >= 15 is 0 Å². The van der Waals surface area contributed by atoms with Gasteiger partial charge in [0.05, 0.1) is 13.2 Å². The van der Waals surface area contributed by atoms with Crippen LogP contribution in [0.3, 0.4) is 0 Å². The van der Waals surface area contributed by atoms with Gasteiger partial charge in [0.25, 0.3) is 0 Å². The highest BCUT2D eigenvalue weighted by molar-refractivity contribution is 7.47. The van der Waals surface area contributed by atoms with E-state index in [4.69, 9.17) is 24.3 Å². The second-order valence-corrected chi connectivity index (χ2v) is 14.7. The van der Waals surface area contributed by atoms with E-state index in [0.29, 0.717) is 12.8 Å². The molecule has 0 saturated heterocycles. The zero-order valence-electron chi connectivity index (χ0n) is 32.3. The van der Waals surface area contributed by atoms with Gasteiger partial charge >= 0.3 is 19.8 Å². The molecule has 10 heteroatoms. The Labute approximate surface area is 311 Å². The van der Waals surface area contributed by atoms with Crippen molar-refractivity contribution < 1.29 is 37.6 Å². The zero-order valence-corrected chi connectivity index (χ0v) is 33.2. The molecule has 0 aliphatic heterocycles. The van der Waals surface area contributed by atoms with Crippen LogP contribution in [0.1, 0.15) is 168 Å². The van der Waals surface area contributed by atoms with E-state index in [1.807, 2.05) is 0 Å². The molecule has 0 aliphatic rings. The molecule has 0 rings (SSSR count). The molecule has 0 amide bonds. The fourth-order valence-corrected chi connectivity index (χ4v) is 5.97. The first-order valence-electron chi connectivity index (χ1n) is 20.1. The quantitative estimate of drug-likeness (QED) is 0.0276. The van der Waals surface area contributed by atoms with Crippen LogP contribution in [0.5, 0.6) is 0 Å². The first kappa shape index (κ1) is 49.0. The fourth-order valence-electron chi connectivity index (χ4n) is 5.20. The van der Waals surface area contributed by atoms with Gasteiger partial charge in [0, 0.05) is 19.4 Å². The van der Waals surface area contributed by atoms with Crippen LogP contribution in [0, 0.1) is 0 Å². The van der Waals surface area contributed by atoms with Gasteiger partial charge < -0.3 is 20.1 Å². The Morgan fingerprint density at radius 3 is 1.45 bits per heavy atom. The summed E-state index contributed by atoms with van der Waals surface area (Å²) in [4.78, 5) is 34.8. The number of allylic oxidation sites excluding steroid dienone is 8. The van der Waals surface area contributed by atoms with Crippen LogP contribution in [0.4, 0.5) is 0 Å². The third kappa shape index (κ3) is 37.5. The summed E-state index contributed by atoms with van der Waals surface area (Å²) in [6, 6.07) is 0. The molecule has 0 aliphatic carbocycles. The fraction of sp³-hybridized carbons (Fsp3) is 0.756. The predicted octanol–water partition coefficient (Wildman–Crippen LogP) is 11.2. The number of carbonyl (C=O) groups is 2. The molecule has 0 fully saturated rings. The molecule has 3 N–H and O–H groups in total. The minimum atomic E-state index is -4.38. The lowest BCUT2D eigenvalue weighted by atomic mass is 10.1. The van der Waals surface area contributed by atoms with Crippen molar-refractivity contribution in [2.45, 2.75) is 174 Å². The van der Waals surface area contributed by atoms with E-state index in [1.54, 1.807) is 0 Å². The molecule has 2 unspecified atom stereocenters. The largest absolute Gasteiger partial charge is 0.472 e. The van der Waals surface area contributed by atoms with Crippen molar-refractivity contribution in [1.29, 1.82) is 0 Å². The normalized spacial score (nSPS) is 13.9. The smallest absolute Gasteiger partial charge is 0.462 e. The van der Waals surface area contributed by atoms with Crippen LogP contribution in [0.25, 0.3) is 0 Å². The van der Waals surface area contributed by atoms with E-state index in [9.17, 15) is 19.0 Å². The Hall–Kier alpha value is -2.03. The Morgan fingerprint density at radius 1 is 0.588 bits per heavy atom. The number of phosphoric acid groups is 1. The molecule has 0 spiro atoms. The number of nitrogens with two attached hydrogens (primary N) is 1. The predicted molar refractivity (Wildman–Crippen MR) is 210 cm³/mol. The average molecular weight is 740 g/mol. The van der Waals surface area contributed by atoms with Crippen LogP contribution in [-0.2, 0) is 32.7 Å². The lowest BCUT2D eigenvalue weighted by molar-refractivity contribution is -0.161. The summed E-state index contributed by atoms with van der Waals surface area (Å²) < 4.78 is 32.7. The summed E-state index contributed by atoms with van der Waals surface area (Å²) >= 11 is 0. The highest BCUT2D eigenvalue weighted by Gasteiger charge is 2.25. The van der Waals surface area contributed by atoms with Crippen molar-refractivity contribution in [1.82, 2.24) is 0 Å². The van der Waals surface area contributed by atoms with Crippen molar-refractivity contribution in [2.24, 2.45) is 5.73 Å². The van der Waals surface area contributed by atoms with E-state index in [-0.39, 0.29) is 32.6 Å². The van der Waals surface area contributed by atoms with Crippen LogP contribution in [0.2, 0.25) is 0 Å². The molecule has 296 valence electrons. The summed E-state index contributed by atoms with van der Waals surface area (Å²) in [5, 5.41) is 0. The van der Waals surface area contributed by atoms with Crippen LogP contribution < -0.4 is 5.73 Å². The lowest BCUT2D eigenvalue weighted by Crippen LogP contribution is -2.29. The molecule has 0 radical (unpaired) electrons. The summed E-state index contributed by atoms with van der Waals surface area (Å²) in [5.41, 5.74) is 5.33. The molecule has 0 bridgehead atoms. The van der Waals surface area contributed by atoms with Gasteiger partial charge in [-0.05, 0) is 64.2 Å². The first-order valence-corrected chi connectivity index (χ1v) is 21.6. The van der Waals surface area contributed by atoms with E-state index in [0.717, 1.165) is 77.0 Å². The van der Waals surface area contributed by atoms with E-state index in [1.165, 1.54) is 51.4 Å². The number of rotatable bonds is 37. The standard InChI is InChI=1S/C41H74NO8P/c1-3-5-7-9-11-13-15-17-19-21-23-25-27-29-31-33-40(43)47-37-39(38-49-51(45,46)48-36-35-42)50-41(44)34-32-30-28-26-24-22-20-18-16-14-12-10-8-6-4-2/h13-20,39H,3-12,21-38,42H2,1-2H3,(H,45,46). The van der Waals surface area contributed by atoms with Crippen molar-refractivity contribution in [3.05, 3.63) is 48.6 Å². The Kier molecular flexibility index (Phi) is 36.2. The van der Waals surface area contributed by atoms with Crippen LogP contribution >= 0.6 is 7.82 Å². The maximum atomic E-state index is 12.5. The monoisotopic (exact) mass is 740 g/mol. The molecular weight excluding hydrogens is 665 g/mol. The van der Waals surface area contributed by atoms with Gasteiger partial charge in [0.15, 0.2) is 6.10 Å². The van der Waals surface area contributed by atoms with Gasteiger partial charge in [-0.15, -0.1) is 0 Å². The number of unbranched alkanes of at least 4 members (excludes halogenated alkanes) is 18. The molecule has 0 heterocycles. The number of phosphoric ester groups is 1. The number of ether oxygens (including phenoxy) is 2. The number of hydrogen-bond acceptors (Lipinski definition) is 8. The molecule has 9 nitrogen and oxygen atoms in total. The average Bonchev–Trinajstić information content (AvgIpc) is 3.11. The summed E-state index contributed by atoms with van der Waals surface area (Å²) in [6.45, 7) is 3.64. The van der Waals surface area contributed by atoms with Crippen LogP contribution in [0.15, 0.2) is 48.6 Å². The minimum Gasteiger partial charge on any atom is -0.462 e. The second-order valence-electron chi connectivity index (χ2n) is 13.2. The van der Waals surface area contributed by atoms with Gasteiger partial charge in [-0.2, -0.15) is 0 Å². The highest BCUT2D eigenvalue weighted by Crippen LogP contribution is 2.43. The maximum Gasteiger partial charge on any atom is 0.472 e. The molecule has 2 atom stereocenters. The van der Waals surface area contributed by atoms with Gasteiger partial charge in [0.1, 0.15) is 6.61 Å². The molecule has 0 aromatic rings. The SMILES string of the molecule is CCCCCCC=CC=CCCCCCCCC(=O)OCC(COP(=O)(O)OCCN)OC(=O)CCCCCCCC=CC=CCCCCCC. The van der Waals surface area contributed by atoms with E-state index in [2.05, 4.69) is 62.5 Å². The highest BCUT2D eigenvalue weighted by atomic mass is 31.2. The molecule has 0 saturated carbocycles. The minimum absolute atomic E-state index is 0.0468. The Balaban J connectivity index is 4.27. The third-order valence-corrected chi connectivity index (χ3v) is 9.23. The van der Waals surface area contributed by atoms with Crippen LogP contribution in [-0.4, -0.2) is 49.3 Å². The van der Waals surface area contributed by atoms with Gasteiger partial charge in [-0.25, -0.2) is 4.57 Å². The number of carbonyl (C=O) groups excluding carboxylic acids is 2. The molecular formula is C41H74NO8P. The lowest BCUT2D eigenvalue weighted by Gasteiger charge is -2.19. The van der Waals surface area contributed by atoms with Crippen molar-refractivity contribution in [3.8, 4) is 0 Å². The van der Waals surface area contributed by atoms with Crippen molar-refractivity contribution in [2.75, 3.05) is 26.4 Å². The van der Waals surface area contributed by atoms with Gasteiger partial charge in [0.2, 0.25) is 0 Å². The molecule has 0 aromatic carbocycles. The van der Waals surface area contributed by atoms with E-state index < -0.39 is 32.5 Å². The molecule has 51 heavy (non-hydrogen) atoms. The van der Waals surface area contributed by atoms with Crippen molar-refractivity contribution >= 4 is 19.8 Å². The maximum absolute atomic E-state index is 12.5. The third-order valence-electron chi connectivity index (χ3n) is 8.24. The first-order chi connectivity index (χ1) is 24.8. The Bertz CT molecular complexity index is 981. The number of esters is 2. The summed E-state index contributed by atoms with van der Waals surface area (Å²) in [6.07, 6.45) is 41.3. The number of hydrogen-bond donors (Lipinski definition) is 2. The van der Waals surface area contributed by atoms with Gasteiger partial charge in [-0.1, -0.05) is 140 Å². The topological polar surface area (TPSA) is 134 Å². The van der Waals surface area contributed by atoms with Gasteiger partial charge in [-0.3, -0.25) is 18.6 Å². The molecule has 0 aromatic heterocycles. The summed E-state index contributed by atoms with van der Waals surface area (Å²) in [5.74, 6) is -0.867.